The van der Waals surface area contributed by atoms with Crippen LogP contribution in [0.3, 0.4) is 0 Å². The number of hydrogen-bond acceptors (Lipinski definition) is 3. The van der Waals surface area contributed by atoms with E-state index in [1.807, 2.05) is 45.9 Å². The number of nitrogens with zero attached hydrogens (tertiary/aromatic N) is 3. The molecule has 1 amide bonds. The number of hydrogen-bond donors (Lipinski definition) is 0. The third-order valence-electron chi connectivity index (χ3n) is 7.82. The lowest BCUT2D eigenvalue weighted by molar-refractivity contribution is -0.131. The van der Waals surface area contributed by atoms with Crippen molar-refractivity contribution >= 4 is 12.0 Å². The highest BCUT2D eigenvalue weighted by molar-refractivity contribution is 5.79. The molecule has 1 atom stereocenters. The van der Waals surface area contributed by atoms with Crippen molar-refractivity contribution in [2.75, 3.05) is 6.54 Å². The molecule has 3 aromatic rings. The summed E-state index contributed by atoms with van der Waals surface area (Å²) >= 11 is 0. The van der Waals surface area contributed by atoms with E-state index in [-0.39, 0.29) is 23.3 Å². The highest BCUT2D eigenvalue weighted by atomic mass is 19.1. The minimum absolute atomic E-state index is 0.00166. The second kappa shape index (κ2) is 10.8. The Kier molecular flexibility index (Phi) is 7.36. The van der Waals surface area contributed by atoms with Crippen molar-refractivity contribution in [2.45, 2.75) is 64.5 Å². The molecule has 0 saturated heterocycles. The third kappa shape index (κ3) is 5.15. The molecule has 0 N–H and O–H groups in total. The lowest BCUT2D eigenvalue weighted by Gasteiger charge is -2.37. The van der Waals surface area contributed by atoms with Gasteiger partial charge in [0.15, 0.2) is 0 Å². The van der Waals surface area contributed by atoms with E-state index in [2.05, 4.69) is 13.5 Å². The number of fused-ring (bicyclic) bond motifs is 1. The van der Waals surface area contributed by atoms with Gasteiger partial charge < -0.3 is 4.90 Å². The summed E-state index contributed by atoms with van der Waals surface area (Å²) in [7, 11) is 0. The molecule has 192 valence electrons. The fourth-order valence-corrected chi connectivity index (χ4v) is 5.56. The minimum atomic E-state index is -0.276. The van der Waals surface area contributed by atoms with E-state index in [0.29, 0.717) is 43.8 Å². The molecule has 0 spiro atoms. The van der Waals surface area contributed by atoms with Crippen molar-refractivity contribution in [3.05, 3.63) is 105 Å². The molecule has 2 aliphatic rings. The summed E-state index contributed by atoms with van der Waals surface area (Å²) in [5.74, 6) is 0.871. The Morgan fingerprint density at radius 2 is 1.89 bits per heavy atom. The molecule has 5 rings (SSSR count). The average molecular weight is 500 g/mol. The molecule has 1 unspecified atom stereocenters. The summed E-state index contributed by atoms with van der Waals surface area (Å²) < 4.78 is 15.6. The summed E-state index contributed by atoms with van der Waals surface area (Å²) in [6, 6.07) is 14.3. The van der Waals surface area contributed by atoms with Gasteiger partial charge in [0, 0.05) is 18.5 Å². The Morgan fingerprint density at radius 1 is 1.16 bits per heavy atom. The lowest BCUT2D eigenvalue weighted by atomic mass is 9.76. The SMILES string of the molecule is C=Cc1ccc(CC(=O)N2CCc3c(nc(CCC)n(C(c4ccc(F)cc4)C4CCC4)c3=O)C2)cc1. The van der Waals surface area contributed by atoms with E-state index in [0.717, 1.165) is 53.9 Å². The predicted molar refractivity (Wildman–Crippen MR) is 144 cm³/mol. The molecule has 0 radical (unpaired) electrons. The molecule has 5 nitrogen and oxygen atoms in total. The highest BCUT2D eigenvalue weighted by Crippen LogP contribution is 2.40. The summed E-state index contributed by atoms with van der Waals surface area (Å²) in [5.41, 5.74) is 4.37. The molecule has 0 bridgehead atoms. The van der Waals surface area contributed by atoms with Crippen molar-refractivity contribution in [3.63, 3.8) is 0 Å². The number of rotatable bonds is 8. The van der Waals surface area contributed by atoms with Crippen LogP contribution < -0.4 is 5.56 Å². The van der Waals surface area contributed by atoms with Gasteiger partial charge in [0.1, 0.15) is 11.6 Å². The zero-order valence-corrected chi connectivity index (χ0v) is 21.5. The second-order valence-electron chi connectivity index (χ2n) is 10.3. The molecule has 2 heterocycles. The maximum Gasteiger partial charge on any atom is 0.257 e. The van der Waals surface area contributed by atoms with Crippen LogP contribution in [0, 0.1) is 11.7 Å². The molecule has 1 saturated carbocycles. The van der Waals surface area contributed by atoms with Gasteiger partial charge in [-0.05, 0) is 60.4 Å². The van der Waals surface area contributed by atoms with Gasteiger partial charge in [0.25, 0.3) is 5.56 Å². The maximum absolute atomic E-state index is 14.0. The standard InChI is InChI=1S/C31H34FN3O2/c1-3-6-28-33-27-20-34(29(36)19-22-11-9-21(4-2)10-12-22)18-17-26(27)31(37)35(28)30(23-7-5-8-23)24-13-15-25(32)16-14-24/h4,9-16,23,30H,2-3,5-8,17-20H2,1H3. The zero-order chi connectivity index (χ0) is 25.9. The Morgan fingerprint density at radius 3 is 2.51 bits per heavy atom. The number of halogens is 1. The van der Waals surface area contributed by atoms with Crippen LogP contribution in [0.25, 0.3) is 6.08 Å². The Bertz CT molecular complexity index is 1340. The molecular formula is C31H34FN3O2. The van der Waals surface area contributed by atoms with Gasteiger partial charge in [0.05, 0.1) is 24.7 Å². The van der Waals surface area contributed by atoms with E-state index in [4.69, 9.17) is 4.98 Å². The Labute approximate surface area is 217 Å². The summed E-state index contributed by atoms with van der Waals surface area (Å²) in [5, 5.41) is 0. The van der Waals surface area contributed by atoms with Gasteiger partial charge in [-0.15, -0.1) is 0 Å². The van der Waals surface area contributed by atoms with Gasteiger partial charge in [-0.25, -0.2) is 9.37 Å². The highest BCUT2D eigenvalue weighted by Gasteiger charge is 2.34. The summed E-state index contributed by atoms with van der Waals surface area (Å²) in [6.45, 7) is 6.72. The van der Waals surface area contributed by atoms with Crippen LogP contribution in [0.2, 0.25) is 0 Å². The summed E-state index contributed by atoms with van der Waals surface area (Å²) in [4.78, 5) is 33.9. The minimum Gasteiger partial charge on any atom is -0.336 e. The third-order valence-corrected chi connectivity index (χ3v) is 7.82. The molecule has 1 aromatic heterocycles. The molecule has 6 heteroatoms. The number of carbonyl (C=O) groups excluding carboxylic acids is 1. The first-order chi connectivity index (χ1) is 18.0. The van der Waals surface area contributed by atoms with Crippen LogP contribution in [-0.4, -0.2) is 26.9 Å². The van der Waals surface area contributed by atoms with E-state index < -0.39 is 0 Å². The number of carbonyl (C=O) groups is 1. The molecule has 2 aromatic carbocycles. The smallest absolute Gasteiger partial charge is 0.257 e. The molecule has 37 heavy (non-hydrogen) atoms. The van der Waals surface area contributed by atoms with Crippen LogP contribution in [0.5, 0.6) is 0 Å². The first-order valence-electron chi connectivity index (χ1n) is 13.4. The topological polar surface area (TPSA) is 55.2 Å². The monoisotopic (exact) mass is 499 g/mol. The van der Waals surface area contributed by atoms with Crippen LogP contribution in [0.4, 0.5) is 4.39 Å². The predicted octanol–water partition coefficient (Wildman–Crippen LogP) is 5.49. The normalized spacial score (nSPS) is 16.1. The lowest BCUT2D eigenvalue weighted by Crippen LogP contribution is -2.44. The first-order valence-corrected chi connectivity index (χ1v) is 13.4. The quantitative estimate of drug-likeness (QED) is 0.412. The molecule has 1 fully saturated rings. The molecule has 1 aliphatic carbocycles. The van der Waals surface area contributed by atoms with Gasteiger partial charge >= 0.3 is 0 Å². The van der Waals surface area contributed by atoms with Crippen LogP contribution in [0.15, 0.2) is 59.9 Å². The van der Waals surface area contributed by atoms with Crippen molar-refractivity contribution in [2.24, 2.45) is 5.92 Å². The van der Waals surface area contributed by atoms with Crippen LogP contribution in [-0.2, 0) is 30.6 Å². The van der Waals surface area contributed by atoms with E-state index in [1.54, 1.807) is 6.08 Å². The van der Waals surface area contributed by atoms with Crippen molar-refractivity contribution in [3.8, 4) is 0 Å². The second-order valence-corrected chi connectivity index (χ2v) is 10.3. The number of aromatic nitrogens is 2. The van der Waals surface area contributed by atoms with Crippen molar-refractivity contribution in [1.29, 1.82) is 0 Å². The Balaban J connectivity index is 1.46. The van der Waals surface area contributed by atoms with Crippen LogP contribution >= 0.6 is 0 Å². The molecular weight excluding hydrogens is 465 g/mol. The van der Waals surface area contributed by atoms with Crippen molar-refractivity contribution in [1.82, 2.24) is 14.5 Å². The van der Waals surface area contributed by atoms with Gasteiger partial charge in [0.2, 0.25) is 5.91 Å². The van der Waals surface area contributed by atoms with E-state index in [9.17, 15) is 14.0 Å². The van der Waals surface area contributed by atoms with Crippen molar-refractivity contribution < 1.29 is 9.18 Å². The average Bonchev–Trinajstić information content (AvgIpc) is 2.88. The first kappa shape index (κ1) is 25.1. The Hall–Kier alpha value is -3.54. The van der Waals surface area contributed by atoms with Gasteiger partial charge in [-0.2, -0.15) is 0 Å². The maximum atomic E-state index is 14.0. The van der Waals surface area contributed by atoms with Crippen LogP contribution in [0.1, 0.15) is 72.4 Å². The number of amides is 1. The van der Waals surface area contributed by atoms with E-state index in [1.165, 1.54) is 12.1 Å². The fourth-order valence-electron chi connectivity index (χ4n) is 5.56. The van der Waals surface area contributed by atoms with E-state index >= 15 is 0 Å². The van der Waals surface area contributed by atoms with Gasteiger partial charge in [-0.1, -0.05) is 62.4 Å². The molecule has 1 aliphatic heterocycles. The fraction of sp³-hybridized carbons (Fsp3) is 0.387. The number of benzene rings is 2. The largest absolute Gasteiger partial charge is 0.336 e. The number of aryl methyl sites for hydroxylation is 1. The van der Waals surface area contributed by atoms with Gasteiger partial charge in [-0.3, -0.25) is 14.2 Å². The zero-order valence-electron chi connectivity index (χ0n) is 21.5. The summed E-state index contributed by atoms with van der Waals surface area (Å²) in [6.07, 6.45) is 7.37.